The van der Waals surface area contributed by atoms with E-state index >= 15 is 0 Å². The van der Waals surface area contributed by atoms with Gasteiger partial charge in [-0.2, -0.15) is 0 Å². The first-order valence-electron chi connectivity index (χ1n) is 7.64. The Hall–Kier alpha value is -2.63. The number of hydrogen-bond donors (Lipinski definition) is 1. The average Bonchev–Trinajstić information content (AvgIpc) is 3.26. The van der Waals surface area contributed by atoms with Crippen molar-refractivity contribution >= 4 is 11.9 Å². The number of nitrogens with one attached hydrogen (secondary N) is 1. The van der Waals surface area contributed by atoms with Crippen LogP contribution in [0.5, 0.6) is 0 Å². The highest BCUT2D eigenvalue weighted by molar-refractivity contribution is 5.98. The number of amides is 1. The Morgan fingerprint density at radius 1 is 1.30 bits per heavy atom. The van der Waals surface area contributed by atoms with Crippen molar-refractivity contribution in [2.24, 2.45) is 0 Å². The lowest BCUT2D eigenvalue weighted by Gasteiger charge is -2.27. The Bertz CT molecular complexity index is 704. The number of benzene rings is 1. The summed E-state index contributed by atoms with van der Waals surface area (Å²) in [6, 6.07) is 7.21. The van der Waals surface area contributed by atoms with Gasteiger partial charge in [0.05, 0.1) is 13.4 Å². The van der Waals surface area contributed by atoms with Crippen LogP contribution in [0.4, 0.5) is 0 Å². The van der Waals surface area contributed by atoms with Crippen molar-refractivity contribution in [3.8, 4) is 5.69 Å². The second-order valence-corrected chi connectivity index (χ2v) is 5.76. The minimum Gasteiger partial charge on any atom is -0.467 e. The molecule has 120 valence electrons. The fourth-order valence-corrected chi connectivity index (χ4v) is 3.06. The number of rotatable bonds is 4. The Kier molecular flexibility index (Phi) is 4.14. The highest BCUT2D eigenvalue weighted by Crippen LogP contribution is 2.31. The largest absolute Gasteiger partial charge is 0.467 e. The predicted molar refractivity (Wildman–Crippen MR) is 84.2 cm³/mol. The zero-order valence-electron chi connectivity index (χ0n) is 13.0. The summed E-state index contributed by atoms with van der Waals surface area (Å²) in [4.78, 5) is 28.7. The number of imidazole rings is 1. The summed E-state index contributed by atoms with van der Waals surface area (Å²) in [5.41, 5.74) is 0.455. The molecule has 6 nitrogen and oxygen atoms in total. The van der Waals surface area contributed by atoms with E-state index in [9.17, 15) is 9.59 Å². The average molecular weight is 313 g/mol. The van der Waals surface area contributed by atoms with E-state index in [2.05, 4.69) is 10.3 Å². The van der Waals surface area contributed by atoms with Crippen LogP contribution < -0.4 is 5.32 Å². The molecule has 1 saturated carbocycles. The van der Waals surface area contributed by atoms with Crippen molar-refractivity contribution in [1.82, 2.24) is 14.9 Å². The minimum atomic E-state index is -0.892. The SMILES string of the molecule is COC(=O)C1(NC(=O)c2cccc(-n3ccnc3)c2)CCCC1. The summed E-state index contributed by atoms with van der Waals surface area (Å²) < 4.78 is 6.71. The summed E-state index contributed by atoms with van der Waals surface area (Å²) in [6.45, 7) is 0. The van der Waals surface area contributed by atoms with Crippen LogP contribution in [0, 0.1) is 0 Å². The molecule has 2 aromatic rings. The van der Waals surface area contributed by atoms with Crippen LogP contribution >= 0.6 is 0 Å². The van der Waals surface area contributed by atoms with Crippen molar-refractivity contribution in [3.05, 3.63) is 48.5 Å². The van der Waals surface area contributed by atoms with E-state index in [0.717, 1.165) is 18.5 Å². The zero-order valence-corrected chi connectivity index (χ0v) is 13.0. The van der Waals surface area contributed by atoms with E-state index in [1.807, 2.05) is 22.9 Å². The molecule has 0 unspecified atom stereocenters. The molecule has 1 N–H and O–H groups in total. The molecule has 3 rings (SSSR count). The lowest BCUT2D eigenvalue weighted by Crippen LogP contribution is -2.53. The fourth-order valence-electron chi connectivity index (χ4n) is 3.06. The Labute approximate surface area is 134 Å². The Morgan fingerprint density at radius 2 is 2.09 bits per heavy atom. The van der Waals surface area contributed by atoms with Gasteiger partial charge >= 0.3 is 5.97 Å². The maximum absolute atomic E-state index is 12.6. The van der Waals surface area contributed by atoms with Gasteiger partial charge in [0.15, 0.2) is 0 Å². The fraction of sp³-hybridized carbons (Fsp3) is 0.353. The van der Waals surface area contributed by atoms with Crippen LogP contribution in [-0.2, 0) is 9.53 Å². The van der Waals surface area contributed by atoms with Crippen LogP contribution in [-0.4, -0.2) is 34.1 Å². The van der Waals surface area contributed by atoms with Crippen LogP contribution in [0.3, 0.4) is 0 Å². The van der Waals surface area contributed by atoms with E-state index in [-0.39, 0.29) is 11.9 Å². The van der Waals surface area contributed by atoms with Gasteiger partial charge in [-0.25, -0.2) is 9.78 Å². The monoisotopic (exact) mass is 313 g/mol. The predicted octanol–water partition coefficient (Wildman–Crippen LogP) is 2.09. The van der Waals surface area contributed by atoms with E-state index < -0.39 is 5.54 Å². The maximum atomic E-state index is 12.6. The molecule has 1 heterocycles. The standard InChI is InChI=1S/C17H19N3O3/c1-23-16(22)17(7-2-3-8-17)19-15(21)13-5-4-6-14(11-13)20-10-9-18-12-20/h4-6,9-12H,2-3,7-8H2,1H3,(H,19,21). The quantitative estimate of drug-likeness (QED) is 0.877. The Balaban J connectivity index is 1.83. The summed E-state index contributed by atoms with van der Waals surface area (Å²) in [7, 11) is 1.36. The number of aromatic nitrogens is 2. The number of esters is 1. The van der Waals surface area contributed by atoms with E-state index in [4.69, 9.17) is 4.74 Å². The van der Waals surface area contributed by atoms with Gasteiger partial charge in [-0.3, -0.25) is 4.79 Å². The second-order valence-electron chi connectivity index (χ2n) is 5.76. The van der Waals surface area contributed by atoms with Gasteiger partial charge in [-0.1, -0.05) is 18.9 Å². The normalized spacial score (nSPS) is 16.0. The number of methoxy groups -OCH3 is 1. The van der Waals surface area contributed by atoms with Crippen molar-refractivity contribution in [2.75, 3.05) is 7.11 Å². The van der Waals surface area contributed by atoms with Crippen LogP contribution in [0.2, 0.25) is 0 Å². The van der Waals surface area contributed by atoms with Gasteiger partial charge in [-0.15, -0.1) is 0 Å². The highest BCUT2D eigenvalue weighted by atomic mass is 16.5. The summed E-state index contributed by atoms with van der Waals surface area (Å²) in [5.74, 6) is -0.631. The number of carbonyl (C=O) groups is 2. The van der Waals surface area contributed by atoms with Gasteiger partial charge in [0.1, 0.15) is 5.54 Å². The molecule has 0 radical (unpaired) electrons. The number of carbonyl (C=O) groups excluding carboxylic acids is 2. The summed E-state index contributed by atoms with van der Waals surface area (Å²) >= 11 is 0. The third-order valence-corrected chi connectivity index (χ3v) is 4.30. The first kappa shape index (κ1) is 15.3. The first-order chi connectivity index (χ1) is 11.1. The smallest absolute Gasteiger partial charge is 0.331 e. The maximum Gasteiger partial charge on any atom is 0.331 e. The minimum absolute atomic E-state index is 0.265. The molecule has 0 bridgehead atoms. The number of hydrogen-bond acceptors (Lipinski definition) is 4. The molecule has 1 fully saturated rings. The Morgan fingerprint density at radius 3 is 2.74 bits per heavy atom. The van der Waals surface area contributed by atoms with Crippen molar-refractivity contribution in [2.45, 2.75) is 31.2 Å². The van der Waals surface area contributed by atoms with Crippen molar-refractivity contribution in [1.29, 1.82) is 0 Å². The molecule has 1 aromatic heterocycles. The molecule has 1 aliphatic rings. The number of ether oxygens (including phenoxy) is 1. The lowest BCUT2D eigenvalue weighted by molar-refractivity contribution is -0.148. The molecule has 1 aromatic carbocycles. The molecular formula is C17H19N3O3. The molecule has 0 saturated heterocycles. The molecule has 0 spiro atoms. The molecule has 23 heavy (non-hydrogen) atoms. The van der Waals surface area contributed by atoms with Crippen LogP contribution in [0.15, 0.2) is 43.0 Å². The first-order valence-corrected chi connectivity index (χ1v) is 7.64. The van der Waals surface area contributed by atoms with E-state index in [0.29, 0.717) is 18.4 Å². The summed E-state index contributed by atoms with van der Waals surface area (Å²) in [6.07, 6.45) is 8.21. The zero-order chi connectivity index (χ0) is 16.3. The van der Waals surface area contributed by atoms with E-state index in [1.165, 1.54) is 7.11 Å². The third kappa shape index (κ3) is 2.97. The van der Waals surface area contributed by atoms with Crippen molar-refractivity contribution < 1.29 is 14.3 Å². The van der Waals surface area contributed by atoms with Gasteiger partial charge in [0.2, 0.25) is 0 Å². The molecule has 1 aliphatic carbocycles. The number of nitrogens with zero attached hydrogens (tertiary/aromatic N) is 2. The van der Waals surface area contributed by atoms with Crippen LogP contribution in [0.25, 0.3) is 5.69 Å². The summed E-state index contributed by atoms with van der Waals surface area (Å²) in [5, 5.41) is 2.89. The van der Waals surface area contributed by atoms with E-state index in [1.54, 1.807) is 24.7 Å². The molecule has 6 heteroatoms. The van der Waals surface area contributed by atoms with Crippen LogP contribution in [0.1, 0.15) is 36.0 Å². The second kappa shape index (κ2) is 6.24. The van der Waals surface area contributed by atoms with Gasteiger partial charge < -0.3 is 14.6 Å². The van der Waals surface area contributed by atoms with Gasteiger partial charge in [0, 0.05) is 23.6 Å². The van der Waals surface area contributed by atoms with Gasteiger partial charge in [-0.05, 0) is 31.0 Å². The molecule has 0 aliphatic heterocycles. The topological polar surface area (TPSA) is 73.2 Å². The third-order valence-electron chi connectivity index (χ3n) is 4.30. The molecular weight excluding hydrogens is 294 g/mol. The lowest BCUT2D eigenvalue weighted by atomic mass is 9.97. The highest BCUT2D eigenvalue weighted by Gasteiger charge is 2.43. The molecule has 1 amide bonds. The van der Waals surface area contributed by atoms with Gasteiger partial charge in [0.25, 0.3) is 5.91 Å². The van der Waals surface area contributed by atoms with Crippen molar-refractivity contribution in [3.63, 3.8) is 0 Å². The molecule has 0 atom stereocenters.